The third kappa shape index (κ3) is 2.76. The average molecular weight is 258 g/mol. The van der Waals surface area contributed by atoms with Crippen LogP contribution in [0.4, 0.5) is 0 Å². The van der Waals surface area contributed by atoms with Crippen molar-refractivity contribution in [2.75, 3.05) is 13.1 Å². The lowest BCUT2D eigenvalue weighted by atomic mass is 9.99. The van der Waals surface area contributed by atoms with Crippen LogP contribution in [0.2, 0.25) is 0 Å². The van der Waals surface area contributed by atoms with Gasteiger partial charge in [-0.05, 0) is 31.5 Å². The molecule has 1 aromatic heterocycles. The summed E-state index contributed by atoms with van der Waals surface area (Å²) in [5, 5.41) is 6.21. The fourth-order valence-electron chi connectivity index (χ4n) is 2.48. The Labute approximate surface area is 111 Å². The molecule has 19 heavy (non-hydrogen) atoms. The number of amides is 1. The first-order valence-corrected chi connectivity index (χ1v) is 6.75. The zero-order valence-electron chi connectivity index (χ0n) is 10.8. The normalized spacial score (nSPS) is 19.5. The minimum Gasteiger partial charge on any atom is -0.349 e. The molecule has 5 nitrogen and oxygen atoms in total. The maximum atomic E-state index is 12.0. The van der Waals surface area contributed by atoms with Gasteiger partial charge in [0.15, 0.2) is 0 Å². The minimum atomic E-state index is 0.0955. The second kappa shape index (κ2) is 5.40. The zero-order chi connectivity index (χ0) is 13.1. The third-order valence-electron chi connectivity index (χ3n) is 3.54. The summed E-state index contributed by atoms with van der Waals surface area (Å²) in [6, 6.07) is 7.87. The monoisotopic (exact) mass is 258 g/mol. The van der Waals surface area contributed by atoms with E-state index in [0.717, 1.165) is 42.8 Å². The molecule has 3 N–H and O–H groups in total. The van der Waals surface area contributed by atoms with Crippen molar-refractivity contribution in [2.24, 2.45) is 5.92 Å². The number of aromatic amines is 1. The number of imidazole rings is 1. The van der Waals surface area contributed by atoms with Gasteiger partial charge in [0, 0.05) is 6.54 Å². The molecule has 100 valence electrons. The number of nitrogens with zero attached hydrogens (tertiary/aromatic N) is 1. The van der Waals surface area contributed by atoms with Crippen molar-refractivity contribution in [1.29, 1.82) is 0 Å². The number of rotatable bonds is 3. The molecule has 1 fully saturated rings. The van der Waals surface area contributed by atoms with E-state index < -0.39 is 0 Å². The Balaban J connectivity index is 1.60. The van der Waals surface area contributed by atoms with Crippen molar-refractivity contribution in [3.63, 3.8) is 0 Å². The highest BCUT2D eigenvalue weighted by molar-refractivity contribution is 5.79. The Hall–Kier alpha value is -1.88. The fraction of sp³-hybridized carbons (Fsp3) is 0.429. The molecule has 1 aromatic carbocycles. The molecule has 0 spiro atoms. The van der Waals surface area contributed by atoms with Crippen molar-refractivity contribution in [3.8, 4) is 0 Å². The molecule has 5 heteroatoms. The molecule has 1 saturated heterocycles. The van der Waals surface area contributed by atoms with E-state index >= 15 is 0 Å². The second-order valence-corrected chi connectivity index (χ2v) is 4.96. The Morgan fingerprint density at radius 1 is 1.42 bits per heavy atom. The lowest BCUT2D eigenvalue weighted by molar-refractivity contribution is -0.125. The highest BCUT2D eigenvalue weighted by Gasteiger charge is 2.20. The molecule has 0 bridgehead atoms. The maximum absolute atomic E-state index is 12.0. The minimum absolute atomic E-state index is 0.0955. The van der Waals surface area contributed by atoms with E-state index in [2.05, 4.69) is 20.6 Å². The van der Waals surface area contributed by atoms with Gasteiger partial charge < -0.3 is 15.6 Å². The first kappa shape index (κ1) is 12.2. The van der Waals surface area contributed by atoms with E-state index in [4.69, 9.17) is 0 Å². The van der Waals surface area contributed by atoms with E-state index in [-0.39, 0.29) is 11.8 Å². The average Bonchev–Trinajstić information content (AvgIpc) is 2.88. The van der Waals surface area contributed by atoms with E-state index in [1.165, 1.54) is 0 Å². The van der Waals surface area contributed by atoms with E-state index in [9.17, 15) is 4.79 Å². The van der Waals surface area contributed by atoms with Crippen molar-refractivity contribution in [3.05, 3.63) is 30.1 Å². The largest absolute Gasteiger partial charge is 0.349 e. The van der Waals surface area contributed by atoms with Gasteiger partial charge in [0.05, 0.1) is 23.5 Å². The molecule has 1 aliphatic rings. The van der Waals surface area contributed by atoms with Crippen LogP contribution in [0.3, 0.4) is 0 Å². The number of piperidine rings is 1. The Kier molecular flexibility index (Phi) is 3.46. The number of carbonyl (C=O) groups excluding carboxylic acids is 1. The smallest absolute Gasteiger partial charge is 0.224 e. The van der Waals surface area contributed by atoms with Gasteiger partial charge in [-0.15, -0.1) is 0 Å². The number of nitrogens with one attached hydrogen (secondary N) is 3. The van der Waals surface area contributed by atoms with Gasteiger partial charge >= 0.3 is 0 Å². The Morgan fingerprint density at radius 3 is 3.11 bits per heavy atom. The second-order valence-electron chi connectivity index (χ2n) is 4.96. The summed E-state index contributed by atoms with van der Waals surface area (Å²) in [6.45, 7) is 2.27. The number of hydrogen-bond donors (Lipinski definition) is 3. The van der Waals surface area contributed by atoms with E-state index in [1.807, 2.05) is 24.3 Å². The van der Waals surface area contributed by atoms with Crippen LogP contribution in [0.15, 0.2) is 24.3 Å². The molecule has 3 rings (SSSR count). The predicted octanol–water partition coefficient (Wildman–Crippen LogP) is 1.18. The molecule has 1 aliphatic heterocycles. The first-order chi connectivity index (χ1) is 9.33. The summed E-state index contributed by atoms with van der Waals surface area (Å²) >= 11 is 0. The molecule has 1 amide bonds. The van der Waals surface area contributed by atoms with Crippen LogP contribution in [0.1, 0.15) is 18.7 Å². The third-order valence-corrected chi connectivity index (χ3v) is 3.54. The zero-order valence-corrected chi connectivity index (χ0v) is 10.8. The van der Waals surface area contributed by atoms with Crippen molar-refractivity contribution >= 4 is 16.9 Å². The van der Waals surface area contributed by atoms with Gasteiger partial charge in [0.25, 0.3) is 0 Å². The molecule has 2 aromatic rings. The number of H-pyrrole nitrogens is 1. The highest BCUT2D eigenvalue weighted by atomic mass is 16.1. The van der Waals surface area contributed by atoms with Crippen LogP contribution in [-0.4, -0.2) is 29.0 Å². The molecule has 0 radical (unpaired) electrons. The lowest BCUT2D eigenvalue weighted by Crippen LogP contribution is -2.40. The fourth-order valence-corrected chi connectivity index (χ4v) is 2.48. The number of benzene rings is 1. The summed E-state index contributed by atoms with van der Waals surface area (Å²) in [5.74, 6) is 1.02. The van der Waals surface area contributed by atoms with Crippen molar-refractivity contribution in [1.82, 2.24) is 20.6 Å². The molecular weight excluding hydrogens is 240 g/mol. The summed E-state index contributed by atoms with van der Waals surface area (Å²) in [5.41, 5.74) is 1.94. The van der Waals surface area contributed by atoms with Crippen LogP contribution in [0.25, 0.3) is 11.0 Å². The number of aromatic nitrogens is 2. The summed E-state index contributed by atoms with van der Waals surface area (Å²) in [4.78, 5) is 19.7. The highest BCUT2D eigenvalue weighted by Crippen LogP contribution is 2.12. The molecule has 0 aliphatic carbocycles. The molecule has 0 saturated carbocycles. The predicted molar refractivity (Wildman–Crippen MR) is 73.5 cm³/mol. The van der Waals surface area contributed by atoms with Gasteiger partial charge in [-0.25, -0.2) is 4.98 Å². The molecule has 2 heterocycles. The molecular formula is C14H18N4O. The maximum Gasteiger partial charge on any atom is 0.224 e. The number of hydrogen-bond acceptors (Lipinski definition) is 3. The standard InChI is InChI=1S/C14H18N4O/c19-14(10-4-3-7-15-8-10)16-9-13-17-11-5-1-2-6-12(11)18-13/h1-2,5-6,10,15H,3-4,7-9H2,(H,16,19)(H,17,18). The van der Waals surface area contributed by atoms with E-state index in [1.54, 1.807) is 0 Å². The molecule has 1 unspecified atom stereocenters. The summed E-state index contributed by atoms with van der Waals surface area (Å²) < 4.78 is 0. The van der Waals surface area contributed by atoms with Crippen LogP contribution < -0.4 is 10.6 Å². The van der Waals surface area contributed by atoms with Gasteiger partial charge in [0.1, 0.15) is 5.82 Å². The van der Waals surface area contributed by atoms with Crippen LogP contribution in [0, 0.1) is 5.92 Å². The van der Waals surface area contributed by atoms with Gasteiger partial charge in [0.2, 0.25) is 5.91 Å². The number of fused-ring (bicyclic) bond motifs is 1. The van der Waals surface area contributed by atoms with Crippen molar-refractivity contribution in [2.45, 2.75) is 19.4 Å². The Bertz CT molecular complexity index is 539. The Morgan fingerprint density at radius 2 is 2.32 bits per heavy atom. The van der Waals surface area contributed by atoms with Crippen LogP contribution >= 0.6 is 0 Å². The van der Waals surface area contributed by atoms with Crippen LogP contribution in [0.5, 0.6) is 0 Å². The van der Waals surface area contributed by atoms with Gasteiger partial charge in [-0.1, -0.05) is 12.1 Å². The van der Waals surface area contributed by atoms with Gasteiger partial charge in [-0.2, -0.15) is 0 Å². The quantitative estimate of drug-likeness (QED) is 0.774. The van der Waals surface area contributed by atoms with Gasteiger partial charge in [-0.3, -0.25) is 4.79 Å². The van der Waals surface area contributed by atoms with Crippen molar-refractivity contribution < 1.29 is 4.79 Å². The number of para-hydroxylation sites is 2. The lowest BCUT2D eigenvalue weighted by Gasteiger charge is -2.21. The SMILES string of the molecule is O=C(NCc1nc2ccccc2[nH]1)C1CCCNC1. The van der Waals surface area contributed by atoms with E-state index in [0.29, 0.717) is 6.54 Å². The summed E-state index contributed by atoms with van der Waals surface area (Å²) in [6.07, 6.45) is 2.04. The number of carbonyl (C=O) groups is 1. The first-order valence-electron chi connectivity index (χ1n) is 6.75. The van der Waals surface area contributed by atoms with Crippen LogP contribution in [-0.2, 0) is 11.3 Å². The molecule has 1 atom stereocenters. The summed E-state index contributed by atoms with van der Waals surface area (Å²) in [7, 11) is 0. The topological polar surface area (TPSA) is 69.8 Å².